The summed E-state index contributed by atoms with van der Waals surface area (Å²) in [5.41, 5.74) is 0. The molecule has 0 radical (unpaired) electrons. The third kappa shape index (κ3) is 1.90. The van der Waals surface area contributed by atoms with Crippen molar-refractivity contribution in [1.82, 2.24) is 5.32 Å². The van der Waals surface area contributed by atoms with Crippen LogP contribution in [0.4, 0.5) is 0 Å². The summed E-state index contributed by atoms with van der Waals surface area (Å²) in [5, 5.41) is 2.69. The first-order chi connectivity index (χ1) is 3.50. The lowest BCUT2D eigenvalue weighted by molar-refractivity contribution is 0.486. The molecule has 1 atom stereocenters. The molecule has 2 N–H and O–H groups in total. The van der Waals surface area contributed by atoms with Gasteiger partial charge in [0.25, 0.3) is 0 Å². The van der Waals surface area contributed by atoms with Crippen molar-refractivity contribution in [3.05, 3.63) is 0 Å². The van der Waals surface area contributed by atoms with Crippen LogP contribution >= 0.6 is 0 Å². The standard InChI is InChI=1S/C4H11NO2S/c1-4(2,5-3)8(6)7/h5H,1-3H3,(H,6,7). The Morgan fingerprint density at radius 1 is 1.62 bits per heavy atom. The summed E-state index contributed by atoms with van der Waals surface area (Å²) >= 11 is -1.79. The Hall–Kier alpha value is 0.0700. The fraction of sp³-hybridized carbons (Fsp3) is 1.00. The van der Waals surface area contributed by atoms with Gasteiger partial charge in [-0.1, -0.05) is 0 Å². The lowest BCUT2D eigenvalue weighted by Crippen LogP contribution is -2.40. The van der Waals surface area contributed by atoms with Crippen molar-refractivity contribution in [3.63, 3.8) is 0 Å². The Morgan fingerprint density at radius 3 is 2.00 bits per heavy atom. The van der Waals surface area contributed by atoms with E-state index in [-0.39, 0.29) is 0 Å². The minimum Gasteiger partial charge on any atom is -0.305 e. The summed E-state index contributed by atoms with van der Waals surface area (Å²) in [5.74, 6) is 0. The van der Waals surface area contributed by atoms with Crippen molar-refractivity contribution >= 4 is 11.1 Å². The van der Waals surface area contributed by atoms with Gasteiger partial charge in [0.2, 0.25) is 0 Å². The van der Waals surface area contributed by atoms with Gasteiger partial charge in [-0.2, -0.15) is 0 Å². The first-order valence-electron chi connectivity index (χ1n) is 2.30. The Kier molecular flexibility index (Phi) is 2.59. The summed E-state index contributed by atoms with van der Waals surface area (Å²) in [7, 11) is 1.65. The molecule has 0 aromatic rings. The molecule has 0 spiro atoms. The van der Waals surface area contributed by atoms with Crippen LogP contribution in [-0.2, 0) is 11.1 Å². The maximum absolute atomic E-state index is 10.3. The van der Waals surface area contributed by atoms with E-state index in [1.165, 1.54) is 0 Å². The zero-order chi connectivity index (χ0) is 6.78. The smallest absolute Gasteiger partial charge is 0.173 e. The molecule has 50 valence electrons. The summed E-state index contributed by atoms with van der Waals surface area (Å²) in [4.78, 5) is -0.681. The van der Waals surface area contributed by atoms with Crippen LogP contribution in [0.1, 0.15) is 13.8 Å². The van der Waals surface area contributed by atoms with Gasteiger partial charge >= 0.3 is 0 Å². The molecule has 0 bridgehead atoms. The molecule has 8 heavy (non-hydrogen) atoms. The SMILES string of the molecule is CNC(C)(C)S(=O)O. The van der Waals surface area contributed by atoms with Crippen LogP contribution in [0.5, 0.6) is 0 Å². The molecule has 0 aliphatic rings. The highest BCUT2D eigenvalue weighted by molar-refractivity contribution is 7.80. The molecular formula is C4H11NO2S. The van der Waals surface area contributed by atoms with E-state index in [1.54, 1.807) is 20.9 Å². The predicted molar refractivity (Wildman–Crippen MR) is 33.9 cm³/mol. The van der Waals surface area contributed by atoms with Crippen LogP contribution in [0, 0.1) is 0 Å². The van der Waals surface area contributed by atoms with Crippen LogP contribution in [0.3, 0.4) is 0 Å². The second-order valence-electron chi connectivity index (χ2n) is 2.01. The van der Waals surface area contributed by atoms with Gasteiger partial charge in [0, 0.05) is 0 Å². The number of hydrogen-bond donors (Lipinski definition) is 2. The molecule has 1 unspecified atom stereocenters. The lowest BCUT2D eigenvalue weighted by atomic mass is 10.4. The zero-order valence-corrected chi connectivity index (χ0v) is 6.08. The van der Waals surface area contributed by atoms with Gasteiger partial charge in [-0.3, -0.25) is 0 Å². The van der Waals surface area contributed by atoms with Gasteiger partial charge in [0.1, 0.15) is 4.87 Å². The van der Waals surface area contributed by atoms with Gasteiger partial charge in [-0.15, -0.1) is 0 Å². The summed E-state index contributed by atoms with van der Waals surface area (Å²) in [6.07, 6.45) is 0. The first-order valence-corrected chi connectivity index (χ1v) is 3.41. The van der Waals surface area contributed by atoms with Gasteiger partial charge in [0.05, 0.1) is 0 Å². The molecule has 0 amide bonds. The molecule has 0 rings (SSSR count). The van der Waals surface area contributed by atoms with Crippen molar-refractivity contribution < 1.29 is 8.76 Å². The van der Waals surface area contributed by atoms with Gasteiger partial charge in [-0.25, -0.2) is 4.21 Å². The largest absolute Gasteiger partial charge is 0.305 e. The predicted octanol–water partition coefficient (Wildman–Crippen LogP) is 0.164. The van der Waals surface area contributed by atoms with Crippen LogP contribution in [-0.4, -0.2) is 20.7 Å². The molecule has 0 aliphatic carbocycles. The van der Waals surface area contributed by atoms with Gasteiger partial charge in [-0.05, 0) is 20.9 Å². The molecule has 3 nitrogen and oxygen atoms in total. The van der Waals surface area contributed by atoms with E-state index >= 15 is 0 Å². The highest BCUT2D eigenvalue weighted by Crippen LogP contribution is 2.03. The average molecular weight is 137 g/mol. The third-order valence-corrected chi connectivity index (χ3v) is 2.12. The monoisotopic (exact) mass is 137 g/mol. The van der Waals surface area contributed by atoms with E-state index in [4.69, 9.17) is 4.55 Å². The number of nitrogens with one attached hydrogen (secondary N) is 1. The molecule has 4 heteroatoms. The molecule has 0 aromatic heterocycles. The van der Waals surface area contributed by atoms with Gasteiger partial charge in [0.15, 0.2) is 11.1 Å². The topological polar surface area (TPSA) is 49.3 Å². The molecule has 0 fully saturated rings. The highest BCUT2D eigenvalue weighted by Gasteiger charge is 2.20. The Labute approximate surface area is 51.8 Å². The molecule has 0 heterocycles. The van der Waals surface area contributed by atoms with Gasteiger partial charge < -0.3 is 9.87 Å². The van der Waals surface area contributed by atoms with Crippen LogP contribution in [0.2, 0.25) is 0 Å². The Morgan fingerprint density at radius 2 is 2.00 bits per heavy atom. The first kappa shape index (κ1) is 8.07. The van der Waals surface area contributed by atoms with Crippen molar-refractivity contribution in [3.8, 4) is 0 Å². The van der Waals surface area contributed by atoms with E-state index in [0.29, 0.717) is 0 Å². The Bertz CT molecular complexity index is 102. The van der Waals surface area contributed by atoms with E-state index in [1.807, 2.05) is 0 Å². The molecule has 0 saturated carbocycles. The normalized spacial score (nSPS) is 16.0. The molecule has 0 aromatic carbocycles. The lowest BCUT2D eigenvalue weighted by Gasteiger charge is -2.17. The van der Waals surface area contributed by atoms with E-state index in [0.717, 1.165) is 0 Å². The van der Waals surface area contributed by atoms with Crippen LogP contribution < -0.4 is 5.32 Å². The Balaban J connectivity index is 3.91. The quantitative estimate of drug-likeness (QED) is 0.533. The van der Waals surface area contributed by atoms with Crippen LogP contribution in [0.15, 0.2) is 0 Å². The van der Waals surface area contributed by atoms with E-state index < -0.39 is 16.0 Å². The maximum atomic E-state index is 10.3. The van der Waals surface area contributed by atoms with Crippen molar-refractivity contribution in [2.75, 3.05) is 7.05 Å². The second-order valence-corrected chi connectivity index (χ2v) is 3.53. The fourth-order valence-corrected chi connectivity index (χ4v) is 0.262. The summed E-state index contributed by atoms with van der Waals surface area (Å²) in [6.45, 7) is 3.31. The molecule has 0 aliphatic heterocycles. The molecule has 0 saturated heterocycles. The minimum atomic E-state index is -1.79. The molecular weight excluding hydrogens is 126 g/mol. The third-order valence-electron chi connectivity index (χ3n) is 1.04. The maximum Gasteiger partial charge on any atom is 0.173 e. The summed E-state index contributed by atoms with van der Waals surface area (Å²) in [6, 6.07) is 0. The van der Waals surface area contributed by atoms with Crippen molar-refractivity contribution in [2.45, 2.75) is 18.7 Å². The number of rotatable bonds is 2. The minimum absolute atomic E-state index is 0.681. The fourth-order valence-electron chi connectivity index (χ4n) is 0.0873. The van der Waals surface area contributed by atoms with E-state index in [9.17, 15) is 4.21 Å². The zero-order valence-electron chi connectivity index (χ0n) is 5.26. The summed E-state index contributed by atoms with van der Waals surface area (Å²) < 4.78 is 18.8. The van der Waals surface area contributed by atoms with E-state index in [2.05, 4.69) is 5.32 Å². The number of hydrogen-bond acceptors (Lipinski definition) is 2. The van der Waals surface area contributed by atoms with Crippen molar-refractivity contribution in [2.24, 2.45) is 0 Å². The second kappa shape index (κ2) is 2.57. The van der Waals surface area contributed by atoms with Crippen LogP contribution in [0.25, 0.3) is 0 Å². The average Bonchev–Trinajstić information content (AvgIpc) is 1.67. The highest BCUT2D eigenvalue weighted by atomic mass is 32.2. The van der Waals surface area contributed by atoms with Crippen molar-refractivity contribution in [1.29, 1.82) is 0 Å².